The molecule has 0 saturated heterocycles. The Labute approximate surface area is 153 Å². The van der Waals surface area contributed by atoms with Crippen molar-refractivity contribution in [2.45, 2.75) is 26.2 Å². The highest BCUT2D eigenvalue weighted by Crippen LogP contribution is 2.27. The van der Waals surface area contributed by atoms with Crippen LogP contribution in [0, 0.1) is 0 Å². The van der Waals surface area contributed by atoms with Gasteiger partial charge in [-0.2, -0.15) is 5.10 Å². The zero-order valence-electron chi connectivity index (χ0n) is 15.2. The molecular weight excluding hydrogens is 328 g/mol. The van der Waals surface area contributed by atoms with E-state index in [1.54, 1.807) is 13.3 Å². The number of hydrogen-bond donors (Lipinski definition) is 2. The predicted octanol–water partition coefficient (Wildman–Crippen LogP) is 4.59. The van der Waals surface area contributed by atoms with Gasteiger partial charge in [-0.3, -0.25) is 0 Å². The maximum absolute atomic E-state index is 5.79. The van der Waals surface area contributed by atoms with Gasteiger partial charge in [0, 0.05) is 0 Å². The fourth-order valence-corrected chi connectivity index (χ4v) is 2.59. The van der Waals surface area contributed by atoms with E-state index < -0.39 is 0 Å². The largest absolute Gasteiger partial charge is 0.493 e. The molecule has 1 aromatic heterocycles. The predicted molar refractivity (Wildman–Crippen MR) is 105 cm³/mol. The smallest absolute Gasteiger partial charge is 0.222 e. The van der Waals surface area contributed by atoms with Crippen LogP contribution in [-0.2, 0) is 0 Å². The van der Waals surface area contributed by atoms with E-state index in [4.69, 9.17) is 9.47 Å². The van der Waals surface area contributed by atoms with E-state index in [2.05, 4.69) is 27.4 Å². The number of unbranched alkanes of at least 4 members (excludes halogenated alkanes) is 2. The quantitative estimate of drug-likeness (QED) is 0.336. The number of imidazole rings is 1. The fraction of sp³-hybridized carbons (Fsp3) is 0.300. The number of anilines is 1. The van der Waals surface area contributed by atoms with Gasteiger partial charge < -0.3 is 14.5 Å². The van der Waals surface area contributed by atoms with Crippen LogP contribution >= 0.6 is 0 Å². The maximum Gasteiger partial charge on any atom is 0.222 e. The van der Waals surface area contributed by atoms with Crippen LogP contribution in [0.5, 0.6) is 11.5 Å². The van der Waals surface area contributed by atoms with Crippen LogP contribution in [0.15, 0.2) is 47.6 Å². The Morgan fingerprint density at radius 3 is 2.85 bits per heavy atom. The van der Waals surface area contributed by atoms with E-state index in [9.17, 15) is 0 Å². The molecule has 1 heterocycles. The first-order chi connectivity index (χ1) is 12.8. The second-order valence-electron chi connectivity index (χ2n) is 5.94. The molecule has 0 spiro atoms. The molecule has 136 valence electrons. The molecule has 0 saturated carbocycles. The molecule has 2 aromatic carbocycles. The molecule has 0 aliphatic rings. The summed E-state index contributed by atoms with van der Waals surface area (Å²) in [6.45, 7) is 2.87. The molecule has 0 aliphatic heterocycles. The van der Waals surface area contributed by atoms with Gasteiger partial charge in [-0.05, 0) is 42.3 Å². The molecule has 0 amide bonds. The average Bonchev–Trinajstić information content (AvgIpc) is 3.08. The van der Waals surface area contributed by atoms with Gasteiger partial charge in [0.05, 0.1) is 31.0 Å². The molecule has 2 N–H and O–H groups in total. The number of H-pyrrole nitrogens is 1. The SMILES string of the molecule is CCCCCOc1ccc(/C=N\Nc2nc3ccccc3[nH]2)cc1OC. The van der Waals surface area contributed by atoms with E-state index in [1.165, 1.54) is 12.8 Å². The van der Waals surface area contributed by atoms with Crippen LogP contribution in [0.2, 0.25) is 0 Å². The lowest BCUT2D eigenvalue weighted by molar-refractivity contribution is 0.286. The highest BCUT2D eigenvalue weighted by atomic mass is 16.5. The summed E-state index contributed by atoms with van der Waals surface area (Å²) >= 11 is 0. The van der Waals surface area contributed by atoms with Crippen LogP contribution in [-0.4, -0.2) is 29.9 Å². The number of ether oxygens (including phenoxy) is 2. The van der Waals surface area contributed by atoms with Crippen LogP contribution < -0.4 is 14.9 Å². The van der Waals surface area contributed by atoms with E-state index in [0.717, 1.165) is 28.8 Å². The standard InChI is InChI=1S/C20H24N4O2/c1-3-4-7-12-26-18-11-10-15(13-19(18)25-2)14-21-24-20-22-16-8-5-6-9-17(16)23-20/h5-6,8-11,13-14H,3-4,7,12H2,1-2H3,(H2,22,23,24)/b21-14-. The molecule has 0 radical (unpaired) electrons. The summed E-state index contributed by atoms with van der Waals surface area (Å²) < 4.78 is 11.2. The molecule has 0 aliphatic carbocycles. The Morgan fingerprint density at radius 2 is 2.04 bits per heavy atom. The van der Waals surface area contributed by atoms with Crippen molar-refractivity contribution in [2.75, 3.05) is 19.1 Å². The molecule has 6 heteroatoms. The van der Waals surface area contributed by atoms with Gasteiger partial charge in [0.15, 0.2) is 11.5 Å². The van der Waals surface area contributed by atoms with Crippen molar-refractivity contribution in [1.29, 1.82) is 0 Å². The Kier molecular flexibility index (Phi) is 6.09. The van der Waals surface area contributed by atoms with Crippen molar-refractivity contribution in [3.63, 3.8) is 0 Å². The minimum absolute atomic E-state index is 0.602. The summed E-state index contributed by atoms with van der Waals surface area (Å²) in [4.78, 5) is 7.58. The van der Waals surface area contributed by atoms with Crippen LogP contribution in [0.1, 0.15) is 31.7 Å². The number of methoxy groups -OCH3 is 1. The van der Waals surface area contributed by atoms with Gasteiger partial charge in [-0.25, -0.2) is 10.4 Å². The molecule has 3 rings (SSSR count). The Morgan fingerprint density at radius 1 is 1.15 bits per heavy atom. The van der Waals surface area contributed by atoms with Crippen molar-refractivity contribution < 1.29 is 9.47 Å². The number of rotatable bonds is 9. The molecule has 6 nitrogen and oxygen atoms in total. The first-order valence-corrected chi connectivity index (χ1v) is 8.85. The molecule has 0 atom stereocenters. The minimum Gasteiger partial charge on any atom is -0.493 e. The van der Waals surface area contributed by atoms with Gasteiger partial charge >= 0.3 is 0 Å². The van der Waals surface area contributed by atoms with Gasteiger partial charge in [0.25, 0.3) is 0 Å². The van der Waals surface area contributed by atoms with Gasteiger partial charge in [0.2, 0.25) is 5.95 Å². The molecule has 0 unspecified atom stereocenters. The zero-order valence-corrected chi connectivity index (χ0v) is 15.2. The number of nitrogens with one attached hydrogen (secondary N) is 2. The van der Waals surface area contributed by atoms with Crippen molar-refractivity contribution >= 4 is 23.2 Å². The van der Waals surface area contributed by atoms with Gasteiger partial charge in [-0.1, -0.05) is 31.9 Å². The lowest BCUT2D eigenvalue weighted by atomic mass is 10.2. The molecule has 26 heavy (non-hydrogen) atoms. The lowest BCUT2D eigenvalue weighted by Gasteiger charge is -2.11. The van der Waals surface area contributed by atoms with Gasteiger partial charge in [0.1, 0.15) is 0 Å². The highest BCUT2D eigenvalue weighted by Gasteiger charge is 2.05. The third-order valence-electron chi connectivity index (χ3n) is 3.97. The Bertz CT molecular complexity index is 840. The third kappa shape index (κ3) is 4.53. The van der Waals surface area contributed by atoms with Crippen LogP contribution in [0.3, 0.4) is 0 Å². The minimum atomic E-state index is 0.602. The Hall–Kier alpha value is -3.02. The second kappa shape index (κ2) is 8.89. The summed E-state index contributed by atoms with van der Waals surface area (Å²) in [6, 6.07) is 13.6. The summed E-state index contributed by atoms with van der Waals surface area (Å²) in [5.41, 5.74) is 5.69. The summed E-state index contributed by atoms with van der Waals surface area (Å²) in [6.07, 6.45) is 5.11. The normalized spacial score (nSPS) is 11.2. The number of fused-ring (bicyclic) bond motifs is 1. The average molecular weight is 352 g/mol. The number of para-hydroxylation sites is 2. The number of nitrogens with zero attached hydrogens (tertiary/aromatic N) is 2. The zero-order chi connectivity index (χ0) is 18.2. The highest BCUT2D eigenvalue weighted by molar-refractivity contribution is 5.82. The summed E-state index contributed by atoms with van der Waals surface area (Å²) in [7, 11) is 1.64. The van der Waals surface area contributed by atoms with Crippen molar-refractivity contribution in [1.82, 2.24) is 9.97 Å². The van der Waals surface area contributed by atoms with E-state index in [0.29, 0.717) is 18.3 Å². The van der Waals surface area contributed by atoms with Crippen molar-refractivity contribution in [3.05, 3.63) is 48.0 Å². The summed E-state index contributed by atoms with van der Waals surface area (Å²) in [5.74, 6) is 2.06. The first kappa shape index (κ1) is 17.8. The van der Waals surface area contributed by atoms with Crippen LogP contribution in [0.4, 0.5) is 5.95 Å². The second-order valence-corrected chi connectivity index (χ2v) is 5.94. The van der Waals surface area contributed by atoms with E-state index in [1.807, 2.05) is 42.5 Å². The third-order valence-corrected chi connectivity index (χ3v) is 3.97. The lowest BCUT2D eigenvalue weighted by Crippen LogP contribution is -2.00. The van der Waals surface area contributed by atoms with Gasteiger partial charge in [-0.15, -0.1) is 0 Å². The monoisotopic (exact) mass is 352 g/mol. The number of aromatic amines is 1. The van der Waals surface area contributed by atoms with E-state index in [-0.39, 0.29) is 0 Å². The summed E-state index contributed by atoms with van der Waals surface area (Å²) in [5, 5.41) is 4.23. The molecule has 0 fully saturated rings. The van der Waals surface area contributed by atoms with Crippen molar-refractivity contribution in [3.8, 4) is 11.5 Å². The number of hydrazone groups is 1. The fourth-order valence-electron chi connectivity index (χ4n) is 2.59. The topological polar surface area (TPSA) is 71.5 Å². The molecule has 3 aromatic rings. The molecule has 0 bridgehead atoms. The van der Waals surface area contributed by atoms with Crippen LogP contribution in [0.25, 0.3) is 11.0 Å². The first-order valence-electron chi connectivity index (χ1n) is 8.85. The number of hydrogen-bond acceptors (Lipinski definition) is 5. The maximum atomic E-state index is 5.79. The number of benzene rings is 2. The van der Waals surface area contributed by atoms with E-state index >= 15 is 0 Å². The number of aromatic nitrogens is 2. The van der Waals surface area contributed by atoms with Crippen molar-refractivity contribution in [2.24, 2.45) is 5.10 Å². The Balaban J connectivity index is 1.62. The molecular formula is C20H24N4O2.